The number of esters is 2. The van der Waals surface area contributed by atoms with E-state index in [2.05, 4.69) is 0 Å². The Labute approximate surface area is 108 Å². The quantitative estimate of drug-likeness (QED) is 0.429. The molecule has 0 radical (unpaired) electrons. The molecule has 0 amide bonds. The molecule has 0 aromatic carbocycles. The molecule has 4 heteroatoms. The van der Waals surface area contributed by atoms with Gasteiger partial charge in [0.2, 0.25) is 0 Å². The second-order valence-corrected chi connectivity index (χ2v) is 4.74. The van der Waals surface area contributed by atoms with Gasteiger partial charge in [-0.15, -0.1) is 0 Å². The fourth-order valence-electron chi connectivity index (χ4n) is 2.36. The highest BCUT2D eigenvalue weighted by Gasteiger charge is 2.45. The van der Waals surface area contributed by atoms with Crippen molar-refractivity contribution in [1.82, 2.24) is 0 Å². The van der Waals surface area contributed by atoms with Crippen LogP contribution in [0.4, 0.5) is 0 Å². The predicted octanol–water partition coefficient (Wildman–Crippen LogP) is 2.48. The van der Waals surface area contributed by atoms with Gasteiger partial charge in [0.25, 0.3) is 0 Å². The van der Waals surface area contributed by atoms with E-state index < -0.39 is 23.3 Å². The third kappa shape index (κ3) is 3.34. The average Bonchev–Trinajstić information content (AvgIpc) is 2.30. The number of ether oxygens (including phenoxy) is 2. The van der Waals surface area contributed by atoms with E-state index in [1.165, 1.54) is 0 Å². The van der Waals surface area contributed by atoms with Gasteiger partial charge in [0.1, 0.15) is 0 Å². The molecule has 0 spiro atoms. The molecule has 1 aliphatic carbocycles. The fourth-order valence-corrected chi connectivity index (χ4v) is 2.36. The van der Waals surface area contributed by atoms with E-state index in [4.69, 9.17) is 9.47 Å². The van der Waals surface area contributed by atoms with Gasteiger partial charge in [0.05, 0.1) is 13.2 Å². The van der Waals surface area contributed by atoms with Gasteiger partial charge < -0.3 is 9.47 Å². The van der Waals surface area contributed by atoms with Crippen LogP contribution in [0.3, 0.4) is 0 Å². The molecule has 102 valence electrons. The van der Waals surface area contributed by atoms with Crippen molar-refractivity contribution in [3.8, 4) is 0 Å². The van der Waals surface area contributed by atoms with Crippen molar-refractivity contribution in [3.05, 3.63) is 12.2 Å². The molecule has 0 fully saturated rings. The second-order valence-electron chi connectivity index (χ2n) is 4.74. The van der Waals surface area contributed by atoms with E-state index in [1.807, 2.05) is 19.1 Å². The largest absolute Gasteiger partial charge is 0.465 e. The first kappa shape index (κ1) is 14.7. The van der Waals surface area contributed by atoms with E-state index in [-0.39, 0.29) is 13.2 Å². The lowest BCUT2D eigenvalue weighted by atomic mass is 9.71. The SMILES string of the molecule is CCOC(=O)C(C(=O)OCC)C1(C)C=CCCC1. The molecular formula is C14H22O4. The van der Waals surface area contributed by atoms with Crippen LogP contribution in [0.1, 0.15) is 40.0 Å². The van der Waals surface area contributed by atoms with Crippen molar-refractivity contribution >= 4 is 11.9 Å². The Balaban J connectivity index is 2.95. The van der Waals surface area contributed by atoms with E-state index in [1.54, 1.807) is 13.8 Å². The molecule has 0 bridgehead atoms. The molecule has 1 atom stereocenters. The monoisotopic (exact) mass is 254 g/mol. The third-order valence-electron chi connectivity index (χ3n) is 3.29. The molecule has 0 saturated carbocycles. The van der Waals surface area contributed by atoms with Crippen molar-refractivity contribution in [2.45, 2.75) is 40.0 Å². The van der Waals surface area contributed by atoms with Gasteiger partial charge in [0.15, 0.2) is 5.92 Å². The molecule has 0 aromatic rings. The smallest absolute Gasteiger partial charge is 0.321 e. The average molecular weight is 254 g/mol. The molecule has 0 saturated heterocycles. The summed E-state index contributed by atoms with van der Waals surface area (Å²) < 4.78 is 10.0. The Kier molecular flexibility index (Phi) is 5.38. The van der Waals surface area contributed by atoms with E-state index in [0.717, 1.165) is 19.3 Å². The van der Waals surface area contributed by atoms with Crippen LogP contribution in [0.5, 0.6) is 0 Å². The molecule has 0 aromatic heterocycles. The predicted molar refractivity (Wildman–Crippen MR) is 67.9 cm³/mol. The van der Waals surface area contributed by atoms with Gasteiger partial charge in [-0.1, -0.05) is 19.1 Å². The third-order valence-corrected chi connectivity index (χ3v) is 3.29. The minimum Gasteiger partial charge on any atom is -0.465 e. The Morgan fingerprint density at radius 2 is 1.78 bits per heavy atom. The Morgan fingerprint density at radius 3 is 2.17 bits per heavy atom. The zero-order valence-electron chi connectivity index (χ0n) is 11.4. The van der Waals surface area contributed by atoms with Crippen LogP contribution in [0.25, 0.3) is 0 Å². The van der Waals surface area contributed by atoms with Gasteiger partial charge in [-0.3, -0.25) is 9.59 Å². The van der Waals surface area contributed by atoms with Crippen molar-refractivity contribution in [2.24, 2.45) is 11.3 Å². The summed E-state index contributed by atoms with van der Waals surface area (Å²) in [4.78, 5) is 24.0. The lowest BCUT2D eigenvalue weighted by Crippen LogP contribution is -2.41. The molecule has 4 nitrogen and oxygen atoms in total. The van der Waals surface area contributed by atoms with Crippen LogP contribution in [-0.4, -0.2) is 25.2 Å². The minimum atomic E-state index is -0.853. The molecule has 1 rings (SSSR count). The number of carbonyl (C=O) groups excluding carboxylic acids is 2. The first-order valence-electron chi connectivity index (χ1n) is 6.56. The molecule has 18 heavy (non-hydrogen) atoms. The second kappa shape index (κ2) is 6.57. The lowest BCUT2D eigenvalue weighted by Gasteiger charge is -2.34. The van der Waals surface area contributed by atoms with Gasteiger partial charge in [-0.05, 0) is 33.1 Å². The van der Waals surface area contributed by atoms with E-state index in [0.29, 0.717) is 0 Å². The zero-order valence-corrected chi connectivity index (χ0v) is 11.4. The van der Waals surface area contributed by atoms with Crippen LogP contribution in [0.15, 0.2) is 12.2 Å². The lowest BCUT2D eigenvalue weighted by molar-refractivity contribution is -0.166. The molecule has 1 aliphatic rings. The summed E-state index contributed by atoms with van der Waals surface area (Å²) in [6.07, 6.45) is 6.74. The first-order valence-corrected chi connectivity index (χ1v) is 6.56. The maximum atomic E-state index is 12.0. The van der Waals surface area contributed by atoms with E-state index in [9.17, 15) is 9.59 Å². The van der Waals surface area contributed by atoms with Gasteiger partial charge >= 0.3 is 11.9 Å². The standard InChI is InChI=1S/C14H22O4/c1-4-17-12(15)11(13(16)18-5-2)14(3)9-7-6-8-10-14/h7,9,11H,4-6,8,10H2,1-3H3. The summed E-state index contributed by atoms with van der Waals surface area (Å²) in [7, 11) is 0. The first-order chi connectivity index (χ1) is 8.55. The van der Waals surface area contributed by atoms with Gasteiger partial charge in [-0.25, -0.2) is 0 Å². The van der Waals surface area contributed by atoms with Crippen LogP contribution >= 0.6 is 0 Å². The highest BCUT2D eigenvalue weighted by molar-refractivity contribution is 5.96. The van der Waals surface area contributed by atoms with Crippen LogP contribution in [0.2, 0.25) is 0 Å². The van der Waals surface area contributed by atoms with Crippen molar-refractivity contribution < 1.29 is 19.1 Å². The number of rotatable bonds is 5. The summed E-state index contributed by atoms with van der Waals surface area (Å²) in [5.41, 5.74) is -0.489. The van der Waals surface area contributed by atoms with Crippen molar-refractivity contribution in [2.75, 3.05) is 13.2 Å². The van der Waals surface area contributed by atoms with Crippen molar-refractivity contribution in [3.63, 3.8) is 0 Å². The van der Waals surface area contributed by atoms with Crippen LogP contribution in [0, 0.1) is 11.3 Å². The number of carbonyl (C=O) groups is 2. The number of hydrogen-bond donors (Lipinski definition) is 0. The van der Waals surface area contributed by atoms with Crippen molar-refractivity contribution in [1.29, 1.82) is 0 Å². The normalized spacial score (nSPS) is 22.9. The summed E-state index contributed by atoms with van der Waals surface area (Å²) >= 11 is 0. The van der Waals surface area contributed by atoms with E-state index >= 15 is 0 Å². The minimum absolute atomic E-state index is 0.272. The molecule has 0 heterocycles. The van der Waals surface area contributed by atoms with Gasteiger partial charge in [-0.2, -0.15) is 0 Å². The van der Waals surface area contributed by atoms with Crippen LogP contribution < -0.4 is 0 Å². The molecule has 1 unspecified atom stereocenters. The Morgan fingerprint density at radius 1 is 1.22 bits per heavy atom. The summed E-state index contributed by atoms with van der Waals surface area (Å²) in [5, 5.41) is 0. The maximum Gasteiger partial charge on any atom is 0.321 e. The summed E-state index contributed by atoms with van der Waals surface area (Å²) in [6, 6.07) is 0. The van der Waals surface area contributed by atoms with Crippen LogP contribution in [-0.2, 0) is 19.1 Å². The highest BCUT2D eigenvalue weighted by Crippen LogP contribution is 2.39. The van der Waals surface area contributed by atoms with Gasteiger partial charge in [0, 0.05) is 5.41 Å². The maximum absolute atomic E-state index is 12.0. The topological polar surface area (TPSA) is 52.6 Å². The molecular weight excluding hydrogens is 232 g/mol. The fraction of sp³-hybridized carbons (Fsp3) is 0.714. The number of allylic oxidation sites excluding steroid dienone is 2. The zero-order chi connectivity index (χ0) is 13.6. The summed E-state index contributed by atoms with van der Waals surface area (Å²) in [6.45, 7) is 5.93. The molecule has 0 N–H and O–H groups in total. The Hall–Kier alpha value is -1.32. The number of hydrogen-bond acceptors (Lipinski definition) is 4. The Bertz CT molecular complexity index is 317. The highest BCUT2D eigenvalue weighted by atomic mass is 16.6. The summed E-state index contributed by atoms with van der Waals surface area (Å²) in [5.74, 6) is -1.82. The molecule has 0 aliphatic heterocycles.